The molecular formula is C31H32ClN5. The molecule has 5 nitrogen and oxygen atoms in total. The number of fused-ring (bicyclic) bond motifs is 7. The van der Waals surface area contributed by atoms with Crippen LogP contribution in [-0.2, 0) is 6.42 Å². The maximum absolute atomic E-state index is 6.33. The first-order valence-corrected chi connectivity index (χ1v) is 13.3. The Morgan fingerprint density at radius 2 is 1.32 bits per heavy atom. The van der Waals surface area contributed by atoms with E-state index in [-0.39, 0.29) is 0 Å². The fraction of sp³-hybridized carbons (Fsp3) is 0.290. The van der Waals surface area contributed by atoms with Crippen LogP contribution in [0, 0.1) is 6.92 Å². The van der Waals surface area contributed by atoms with E-state index in [0.29, 0.717) is 10.5 Å². The Morgan fingerprint density at radius 1 is 0.676 bits per heavy atom. The van der Waals surface area contributed by atoms with Crippen molar-refractivity contribution in [1.29, 1.82) is 0 Å². The van der Waals surface area contributed by atoms with Gasteiger partial charge in [-0.3, -0.25) is 9.97 Å². The second-order valence-corrected chi connectivity index (χ2v) is 9.96. The fourth-order valence-electron chi connectivity index (χ4n) is 5.28. The molecule has 188 valence electrons. The summed E-state index contributed by atoms with van der Waals surface area (Å²) in [5.41, 5.74) is 14.6. The largest absolute Gasteiger partial charge is 0.354 e. The minimum Gasteiger partial charge on any atom is -0.354 e. The lowest BCUT2D eigenvalue weighted by atomic mass is 10.0. The van der Waals surface area contributed by atoms with Crippen LogP contribution in [-0.4, -0.2) is 24.9 Å². The van der Waals surface area contributed by atoms with Gasteiger partial charge in [0.2, 0.25) is 0 Å². The molecule has 37 heavy (non-hydrogen) atoms. The lowest BCUT2D eigenvalue weighted by molar-refractivity contribution is 1.14. The molecule has 3 aromatic rings. The Balaban J connectivity index is 1.95. The first-order chi connectivity index (χ1) is 17.8. The van der Waals surface area contributed by atoms with Crippen LogP contribution in [0.25, 0.3) is 44.4 Å². The molecule has 0 saturated heterocycles. The normalized spacial score (nSPS) is 13.4. The summed E-state index contributed by atoms with van der Waals surface area (Å²) in [6.45, 7) is 13.0. The molecule has 1 N–H and O–H groups in total. The number of benzene rings is 1. The van der Waals surface area contributed by atoms with E-state index in [9.17, 15) is 0 Å². The van der Waals surface area contributed by atoms with Gasteiger partial charge < -0.3 is 4.98 Å². The van der Waals surface area contributed by atoms with Crippen molar-refractivity contribution in [1.82, 2.24) is 24.9 Å². The van der Waals surface area contributed by atoms with Crippen LogP contribution in [0.4, 0.5) is 0 Å². The average Bonchev–Trinajstić information content (AvgIpc) is 3.46. The number of aromatic nitrogens is 5. The van der Waals surface area contributed by atoms with Gasteiger partial charge in [0.15, 0.2) is 0 Å². The molecular weight excluding hydrogens is 478 g/mol. The zero-order valence-corrected chi connectivity index (χ0v) is 23.1. The predicted octanol–water partition coefficient (Wildman–Crippen LogP) is 8.54. The van der Waals surface area contributed by atoms with Crippen molar-refractivity contribution >= 4 is 56.0 Å². The number of rotatable bonds is 3. The van der Waals surface area contributed by atoms with E-state index in [0.717, 1.165) is 64.2 Å². The molecule has 4 heterocycles. The number of nitrogens with zero attached hydrogens (tertiary/aromatic N) is 4. The summed E-state index contributed by atoms with van der Waals surface area (Å²) in [6.07, 6.45) is 6.42. The summed E-state index contributed by atoms with van der Waals surface area (Å²) < 4.78 is 0. The van der Waals surface area contributed by atoms with Crippen molar-refractivity contribution in [3.63, 3.8) is 0 Å². The highest BCUT2D eigenvalue weighted by molar-refractivity contribution is 6.31. The molecule has 0 unspecified atom stereocenters. The van der Waals surface area contributed by atoms with Crippen molar-refractivity contribution < 1.29 is 0 Å². The molecule has 0 amide bonds. The van der Waals surface area contributed by atoms with Crippen LogP contribution >= 0.6 is 11.6 Å². The van der Waals surface area contributed by atoms with Gasteiger partial charge in [0.05, 0.1) is 51.7 Å². The van der Waals surface area contributed by atoms with E-state index < -0.39 is 0 Å². The second-order valence-electron chi connectivity index (χ2n) is 9.53. The summed E-state index contributed by atoms with van der Waals surface area (Å²) in [6, 6.07) is 9.91. The van der Waals surface area contributed by atoms with Gasteiger partial charge in [0.1, 0.15) is 0 Å². The molecule has 2 aliphatic rings. The fourth-order valence-corrected chi connectivity index (χ4v) is 5.45. The van der Waals surface area contributed by atoms with Gasteiger partial charge >= 0.3 is 0 Å². The monoisotopic (exact) mass is 509 g/mol. The van der Waals surface area contributed by atoms with E-state index >= 15 is 0 Å². The molecule has 0 saturated carbocycles. The summed E-state index contributed by atoms with van der Waals surface area (Å²) in [5.74, 6) is 0. The predicted molar refractivity (Wildman–Crippen MR) is 156 cm³/mol. The van der Waals surface area contributed by atoms with Gasteiger partial charge in [-0.1, -0.05) is 32.4 Å². The maximum atomic E-state index is 6.33. The third kappa shape index (κ3) is 4.53. The zero-order valence-electron chi connectivity index (χ0n) is 22.3. The van der Waals surface area contributed by atoms with E-state index in [1.54, 1.807) is 0 Å². The summed E-state index contributed by atoms with van der Waals surface area (Å²) in [5, 5.41) is 0.619. The molecule has 6 bridgehead atoms. The van der Waals surface area contributed by atoms with Crippen molar-refractivity contribution in [2.75, 3.05) is 0 Å². The second kappa shape index (κ2) is 10.1. The van der Waals surface area contributed by atoms with Crippen LogP contribution in [0.3, 0.4) is 0 Å². The smallest absolute Gasteiger partial charge is 0.0901 e. The van der Waals surface area contributed by atoms with Crippen LogP contribution in [0.5, 0.6) is 0 Å². The van der Waals surface area contributed by atoms with Crippen molar-refractivity contribution in [2.24, 2.45) is 0 Å². The molecule has 2 aliphatic heterocycles. The lowest BCUT2D eigenvalue weighted by Crippen LogP contribution is -1.85. The SMILES string of the molecule is CCC1=C(C)c2cnc3cc(Cl)ccc3ncc3[nH]c(cc4nc(cc1n2)C(CC)=C4C)c(CC)c3C. The molecule has 0 fully saturated rings. The molecule has 5 rings (SSSR count). The molecule has 0 aliphatic carbocycles. The van der Waals surface area contributed by atoms with Crippen molar-refractivity contribution in [2.45, 2.75) is 60.8 Å². The number of aryl methyl sites for hydroxylation is 2. The van der Waals surface area contributed by atoms with Gasteiger partial charge in [-0.05, 0) is 104 Å². The van der Waals surface area contributed by atoms with Gasteiger partial charge in [-0.15, -0.1) is 0 Å². The number of hydrogen-bond donors (Lipinski definition) is 1. The van der Waals surface area contributed by atoms with Crippen LogP contribution in [0.1, 0.15) is 81.4 Å². The van der Waals surface area contributed by atoms with Gasteiger partial charge in [0.25, 0.3) is 0 Å². The Hall–Kier alpha value is -3.57. The quantitative estimate of drug-likeness (QED) is 0.384. The van der Waals surface area contributed by atoms with Gasteiger partial charge in [-0.25, -0.2) is 9.97 Å². The number of allylic oxidation sites excluding steroid dienone is 4. The van der Waals surface area contributed by atoms with Crippen LogP contribution in [0.15, 0.2) is 42.7 Å². The average molecular weight is 510 g/mol. The van der Waals surface area contributed by atoms with Crippen molar-refractivity contribution in [3.8, 4) is 0 Å². The van der Waals surface area contributed by atoms with Gasteiger partial charge in [-0.2, -0.15) is 0 Å². The summed E-state index contributed by atoms with van der Waals surface area (Å²) in [7, 11) is 0. The molecule has 2 aromatic heterocycles. The van der Waals surface area contributed by atoms with E-state index in [4.69, 9.17) is 31.5 Å². The number of H-pyrrole nitrogens is 1. The van der Waals surface area contributed by atoms with E-state index in [2.05, 4.69) is 58.7 Å². The number of halogens is 1. The summed E-state index contributed by atoms with van der Waals surface area (Å²) >= 11 is 6.33. The highest BCUT2D eigenvalue weighted by Crippen LogP contribution is 2.36. The van der Waals surface area contributed by atoms with E-state index in [1.165, 1.54) is 27.8 Å². The Bertz CT molecular complexity index is 1670. The maximum Gasteiger partial charge on any atom is 0.0901 e. The Morgan fingerprint density at radius 3 is 2.00 bits per heavy atom. The van der Waals surface area contributed by atoms with Gasteiger partial charge in [0, 0.05) is 10.5 Å². The Labute approximate surface area is 223 Å². The Kier molecular flexibility index (Phi) is 6.82. The van der Waals surface area contributed by atoms with Crippen LogP contribution < -0.4 is 0 Å². The number of aromatic amines is 1. The first kappa shape index (κ1) is 25.1. The zero-order chi connectivity index (χ0) is 26.3. The molecule has 1 aromatic carbocycles. The lowest BCUT2D eigenvalue weighted by Gasteiger charge is -2.02. The highest BCUT2D eigenvalue weighted by atomic mass is 35.5. The molecule has 0 spiro atoms. The third-order valence-corrected chi connectivity index (χ3v) is 7.67. The standard InChI is InChI=1S/C31H32ClN5/c1-7-21-17(4)25-13-26-22(8-2)18(5)30(36-26)15-33-24-11-10-20(32)12-29(24)34-16-31-19(6)23(9-3)28(37-31)14-27(21)35-25/h10-16,36H,7-9H2,1-6H3. The molecule has 6 heteroatoms. The first-order valence-electron chi connectivity index (χ1n) is 12.9. The molecule has 0 atom stereocenters. The topological polar surface area (TPSA) is 67.3 Å². The number of nitrogens with one attached hydrogen (secondary N) is 1. The third-order valence-electron chi connectivity index (χ3n) is 7.44. The minimum atomic E-state index is 0.619. The van der Waals surface area contributed by atoms with Crippen molar-refractivity contribution in [3.05, 3.63) is 81.7 Å². The summed E-state index contributed by atoms with van der Waals surface area (Å²) in [4.78, 5) is 23.3. The minimum absolute atomic E-state index is 0.619. The highest BCUT2D eigenvalue weighted by Gasteiger charge is 2.19. The van der Waals surface area contributed by atoms with Crippen LogP contribution in [0.2, 0.25) is 5.02 Å². The molecule has 0 radical (unpaired) electrons. The number of hydrogen-bond acceptors (Lipinski definition) is 4. The van der Waals surface area contributed by atoms with E-state index in [1.807, 2.05) is 30.6 Å².